The molecule has 0 spiro atoms. The van der Waals surface area contributed by atoms with Crippen LogP contribution in [0.1, 0.15) is 31.7 Å². The van der Waals surface area contributed by atoms with E-state index in [1.165, 1.54) is 12.8 Å². The topological polar surface area (TPSA) is 66.0 Å². The lowest BCUT2D eigenvalue weighted by atomic mass is 10.1. The third kappa shape index (κ3) is 2.01. The fourth-order valence-electron chi connectivity index (χ4n) is 3.19. The molecule has 3 rings (SSSR count). The van der Waals surface area contributed by atoms with Gasteiger partial charge in [-0.1, -0.05) is 25.1 Å². The zero-order valence-corrected chi connectivity index (χ0v) is 11.8. The molecule has 0 radical (unpaired) electrons. The number of nitrogens with two attached hydrogens (primary N) is 1. The van der Waals surface area contributed by atoms with Crippen LogP contribution in [-0.4, -0.2) is 23.4 Å². The molecule has 1 aliphatic heterocycles. The molecule has 1 atom stereocenters. The molecule has 20 heavy (non-hydrogen) atoms. The molecule has 3 N–H and O–H groups in total. The average molecular weight is 268 g/mol. The number of nitrogens with zero attached hydrogens (tertiary/aromatic N) is 2. The molecule has 0 bridgehead atoms. The number of hydrogen-bond donors (Lipinski definition) is 2. The number of benzene rings is 1. The van der Waals surface area contributed by atoms with Gasteiger partial charge in [0, 0.05) is 24.2 Å². The highest BCUT2D eigenvalue weighted by Gasteiger charge is 2.27. The van der Waals surface area contributed by atoms with E-state index < -0.39 is 0 Å². The average Bonchev–Trinajstić information content (AvgIpc) is 2.93. The Morgan fingerprint density at radius 3 is 3.00 bits per heavy atom. The zero-order valence-electron chi connectivity index (χ0n) is 11.8. The van der Waals surface area contributed by atoms with Crippen molar-refractivity contribution in [3.05, 3.63) is 36.0 Å². The normalized spacial score (nSPS) is 18.6. The highest BCUT2D eigenvalue weighted by Crippen LogP contribution is 2.35. The molecule has 0 aliphatic carbocycles. The fraction of sp³-hybridized carbons (Fsp3) is 0.375. The van der Waals surface area contributed by atoms with Crippen LogP contribution in [0.5, 0.6) is 0 Å². The van der Waals surface area contributed by atoms with Gasteiger partial charge >= 0.3 is 0 Å². The Morgan fingerprint density at radius 2 is 2.25 bits per heavy atom. The second-order valence-electron chi connectivity index (χ2n) is 5.35. The monoisotopic (exact) mass is 268 g/mol. The van der Waals surface area contributed by atoms with E-state index >= 15 is 0 Å². The molecule has 1 aromatic heterocycles. The summed E-state index contributed by atoms with van der Waals surface area (Å²) in [5.74, 6) is 0.0972. The summed E-state index contributed by atoms with van der Waals surface area (Å²) in [5, 5.41) is 8.95. The van der Waals surface area contributed by atoms with Gasteiger partial charge in [0.15, 0.2) is 0 Å². The van der Waals surface area contributed by atoms with Crippen molar-refractivity contribution in [1.29, 1.82) is 5.41 Å². The number of amidine groups is 1. The van der Waals surface area contributed by atoms with E-state index in [9.17, 15) is 0 Å². The third-order valence-corrected chi connectivity index (χ3v) is 4.17. The van der Waals surface area contributed by atoms with Crippen LogP contribution in [0.4, 0.5) is 5.69 Å². The Balaban J connectivity index is 2.24. The SMILES string of the molecule is CCC1CCCN1c1c(C(=N)N)cnc2ccccc12. The Hall–Kier alpha value is -2.10. The van der Waals surface area contributed by atoms with E-state index in [1.54, 1.807) is 6.20 Å². The van der Waals surface area contributed by atoms with E-state index in [4.69, 9.17) is 11.1 Å². The van der Waals surface area contributed by atoms with Gasteiger partial charge in [-0.05, 0) is 25.3 Å². The Morgan fingerprint density at radius 1 is 1.45 bits per heavy atom. The molecular weight excluding hydrogens is 248 g/mol. The minimum absolute atomic E-state index is 0.0972. The van der Waals surface area contributed by atoms with Crippen LogP contribution in [0.25, 0.3) is 10.9 Å². The van der Waals surface area contributed by atoms with Crippen molar-refractivity contribution in [2.75, 3.05) is 11.4 Å². The summed E-state index contributed by atoms with van der Waals surface area (Å²) in [4.78, 5) is 6.86. The van der Waals surface area contributed by atoms with Crippen LogP contribution in [-0.2, 0) is 0 Å². The molecule has 0 saturated carbocycles. The number of anilines is 1. The molecule has 4 nitrogen and oxygen atoms in total. The molecular formula is C16H20N4. The minimum Gasteiger partial charge on any atom is -0.384 e. The van der Waals surface area contributed by atoms with Gasteiger partial charge in [-0.25, -0.2) is 0 Å². The van der Waals surface area contributed by atoms with Crippen molar-refractivity contribution in [2.45, 2.75) is 32.2 Å². The van der Waals surface area contributed by atoms with Crippen LogP contribution >= 0.6 is 0 Å². The number of fused-ring (bicyclic) bond motifs is 1. The Labute approximate surface area is 119 Å². The molecule has 1 aliphatic rings. The number of pyridine rings is 1. The van der Waals surface area contributed by atoms with E-state index in [2.05, 4.69) is 22.9 Å². The van der Waals surface area contributed by atoms with E-state index in [1.807, 2.05) is 18.2 Å². The van der Waals surface area contributed by atoms with Gasteiger partial charge in [-0.15, -0.1) is 0 Å². The van der Waals surface area contributed by atoms with Crippen LogP contribution in [0, 0.1) is 5.41 Å². The summed E-state index contributed by atoms with van der Waals surface area (Å²) in [5.41, 5.74) is 8.59. The standard InChI is InChI=1S/C16H20N4/c1-2-11-6-5-9-20(11)15-12-7-3-4-8-14(12)19-10-13(15)16(17)18/h3-4,7-8,10-11H,2,5-6,9H2,1H3,(H3,17,18). The molecule has 0 amide bonds. The molecule has 1 unspecified atom stereocenters. The first-order chi connectivity index (χ1) is 9.72. The lowest BCUT2D eigenvalue weighted by molar-refractivity contribution is 0.646. The van der Waals surface area contributed by atoms with Crippen LogP contribution in [0.2, 0.25) is 0 Å². The van der Waals surface area contributed by atoms with Gasteiger partial charge in [0.25, 0.3) is 0 Å². The highest BCUT2D eigenvalue weighted by atomic mass is 15.2. The van der Waals surface area contributed by atoms with Gasteiger partial charge in [0.1, 0.15) is 5.84 Å². The maximum Gasteiger partial charge on any atom is 0.126 e. The van der Waals surface area contributed by atoms with Crippen LogP contribution in [0.3, 0.4) is 0 Å². The first-order valence-corrected chi connectivity index (χ1v) is 7.21. The molecule has 1 fully saturated rings. The van der Waals surface area contributed by atoms with Gasteiger partial charge in [0.2, 0.25) is 0 Å². The minimum atomic E-state index is 0.0972. The smallest absolute Gasteiger partial charge is 0.126 e. The molecule has 1 saturated heterocycles. The zero-order chi connectivity index (χ0) is 14.1. The quantitative estimate of drug-likeness (QED) is 0.664. The summed E-state index contributed by atoms with van der Waals surface area (Å²) in [7, 11) is 0. The predicted molar refractivity (Wildman–Crippen MR) is 83.4 cm³/mol. The lowest BCUT2D eigenvalue weighted by Crippen LogP contribution is -2.31. The van der Waals surface area contributed by atoms with Crippen molar-refractivity contribution in [3.8, 4) is 0 Å². The summed E-state index contributed by atoms with van der Waals surface area (Å²) >= 11 is 0. The first kappa shape index (κ1) is 12.9. The van der Waals surface area contributed by atoms with Crippen molar-refractivity contribution in [2.24, 2.45) is 5.73 Å². The molecule has 104 valence electrons. The number of nitrogens with one attached hydrogen (secondary N) is 1. The first-order valence-electron chi connectivity index (χ1n) is 7.21. The summed E-state index contributed by atoms with van der Waals surface area (Å²) in [6.45, 7) is 3.26. The van der Waals surface area contributed by atoms with Gasteiger partial charge in [-0.2, -0.15) is 0 Å². The molecule has 2 heterocycles. The van der Waals surface area contributed by atoms with Crippen molar-refractivity contribution in [3.63, 3.8) is 0 Å². The maximum atomic E-state index is 7.85. The van der Waals surface area contributed by atoms with E-state index in [0.29, 0.717) is 6.04 Å². The van der Waals surface area contributed by atoms with Gasteiger partial charge in [-0.3, -0.25) is 10.4 Å². The number of para-hydroxylation sites is 1. The summed E-state index contributed by atoms with van der Waals surface area (Å²) < 4.78 is 0. The lowest BCUT2D eigenvalue weighted by Gasteiger charge is -2.29. The van der Waals surface area contributed by atoms with Crippen LogP contribution in [0.15, 0.2) is 30.5 Å². The van der Waals surface area contributed by atoms with Crippen molar-refractivity contribution in [1.82, 2.24) is 4.98 Å². The van der Waals surface area contributed by atoms with Gasteiger partial charge < -0.3 is 10.6 Å². The number of nitrogen functional groups attached to an aromatic ring is 1. The second kappa shape index (κ2) is 5.12. The highest BCUT2D eigenvalue weighted by molar-refractivity contribution is 6.07. The van der Waals surface area contributed by atoms with E-state index in [0.717, 1.165) is 35.1 Å². The number of rotatable bonds is 3. The molecule has 4 heteroatoms. The second-order valence-corrected chi connectivity index (χ2v) is 5.35. The Kier molecular flexibility index (Phi) is 3.30. The number of aromatic nitrogens is 1. The summed E-state index contributed by atoms with van der Waals surface area (Å²) in [6.07, 6.45) is 5.27. The molecule has 1 aromatic carbocycles. The van der Waals surface area contributed by atoms with E-state index in [-0.39, 0.29) is 5.84 Å². The predicted octanol–water partition coefficient (Wildman–Crippen LogP) is 2.90. The molecule has 2 aromatic rings. The van der Waals surface area contributed by atoms with Crippen molar-refractivity contribution >= 4 is 22.4 Å². The van der Waals surface area contributed by atoms with Crippen molar-refractivity contribution < 1.29 is 0 Å². The maximum absolute atomic E-state index is 7.85. The summed E-state index contributed by atoms with van der Waals surface area (Å²) in [6, 6.07) is 8.65. The van der Waals surface area contributed by atoms with Crippen LogP contribution < -0.4 is 10.6 Å². The largest absolute Gasteiger partial charge is 0.384 e. The fourth-order valence-corrected chi connectivity index (χ4v) is 3.19. The Bertz CT molecular complexity index is 650. The third-order valence-electron chi connectivity index (χ3n) is 4.17. The van der Waals surface area contributed by atoms with Gasteiger partial charge in [0.05, 0.1) is 16.8 Å². The number of hydrogen-bond acceptors (Lipinski definition) is 3.